The summed E-state index contributed by atoms with van der Waals surface area (Å²) in [5.41, 5.74) is 3.54. The molecule has 1 aromatic carbocycles. The minimum absolute atomic E-state index is 0.107. The van der Waals surface area contributed by atoms with Crippen LogP contribution in [0.25, 0.3) is 0 Å². The molecule has 0 spiro atoms. The number of carbonyl (C=O) groups excluding carboxylic acids is 1. The van der Waals surface area contributed by atoms with Gasteiger partial charge < -0.3 is 14.6 Å². The second-order valence-electron chi connectivity index (χ2n) is 7.59. The molecule has 0 radical (unpaired) electrons. The first-order chi connectivity index (χ1) is 14.0. The fraction of sp³-hybridized carbons (Fsp3) is 0.364. The summed E-state index contributed by atoms with van der Waals surface area (Å²) in [5, 5.41) is 8.03. The lowest BCUT2D eigenvalue weighted by atomic mass is 9.91. The van der Waals surface area contributed by atoms with Gasteiger partial charge in [0.1, 0.15) is 11.6 Å². The van der Waals surface area contributed by atoms with Gasteiger partial charge in [-0.3, -0.25) is 9.48 Å². The number of nitrogens with zero attached hydrogens (tertiary/aromatic N) is 3. The van der Waals surface area contributed by atoms with Crippen molar-refractivity contribution in [2.24, 2.45) is 7.05 Å². The molecule has 4 rings (SSSR count). The number of rotatable bonds is 6. The quantitative estimate of drug-likeness (QED) is 0.696. The molecule has 1 N–H and O–H groups in total. The molecule has 3 aromatic rings. The van der Waals surface area contributed by atoms with E-state index >= 15 is 0 Å². The summed E-state index contributed by atoms with van der Waals surface area (Å²) in [4.78, 5) is 14.7. The minimum Gasteiger partial charge on any atom is -0.467 e. The second-order valence-corrected chi connectivity index (χ2v) is 7.59. The summed E-state index contributed by atoms with van der Waals surface area (Å²) in [6.07, 6.45) is 4.14. The van der Waals surface area contributed by atoms with Crippen molar-refractivity contribution in [2.45, 2.75) is 38.4 Å². The van der Waals surface area contributed by atoms with Gasteiger partial charge in [0.2, 0.25) is 0 Å². The maximum absolute atomic E-state index is 13.4. The van der Waals surface area contributed by atoms with Gasteiger partial charge in [-0.25, -0.2) is 4.39 Å². The van der Waals surface area contributed by atoms with E-state index in [-0.39, 0.29) is 17.8 Å². The molecule has 0 unspecified atom stereocenters. The molecule has 2 heterocycles. The molecule has 1 amide bonds. The summed E-state index contributed by atoms with van der Waals surface area (Å²) in [6, 6.07) is 10.5. The van der Waals surface area contributed by atoms with Crippen LogP contribution in [0, 0.1) is 5.82 Å². The van der Waals surface area contributed by atoms with Crippen molar-refractivity contribution in [3.8, 4) is 0 Å². The number of furan rings is 1. The second kappa shape index (κ2) is 8.21. The molecule has 1 atom stereocenters. The zero-order valence-electron chi connectivity index (χ0n) is 16.7. The number of hydrogen-bond acceptors (Lipinski definition) is 4. The van der Waals surface area contributed by atoms with Crippen LogP contribution >= 0.6 is 0 Å². The van der Waals surface area contributed by atoms with E-state index in [9.17, 15) is 9.18 Å². The fourth-order valence-corrected chi connectivity index (χ4v) is 3.93. The van der Waals surface area contributed by atoms with Gasteiger partial charge >= 0.3 is 0 Å². The molecule has 1 aliphatic rings. The summed E-state index contributed by atoms with van der Waals surface area (Å²) in [6.45, 7) is 0.998. The molecule has 1 aliphatic carbocycles. The van der Waals surface area contributed by atoms with Gasteiger partial charge in [-0.15, -0.1) is 0 Å². The number of carbonyl (C=O) groups is 1. The van der Waals surface area contributed by atoms with E-state index in [0.29, 0.717) is 18.8 Å². The number of fused-ring (bicyclic) bond motifs is 1. The molecule has 0 aliphatic heterocycles. The number of halogens is 1. The Morgan fingerprint density at radius 1 is 1.38 bits per heavy atom. The molecule has 0 bridgehead atoms. The predicted molar refractivity (Wildman–Crippen MR) is 107 cm³/mol. The summed E-state index contributed by atoms with van der Waals surface area (Å²) in [7, 11) is 3.65. The zero-order chi connectivity index (χ0) is 20.4. The van der Waals surface area contributed by atoms with Crippen LogP contribution in [0.2, 0.25) is 0 Å². The van der Waals surface area contributed by atoms with E-state index in [1.807, 2.05) is 29.9 Å². The molecule has 6 nitrogen and oxygen atoms in total. The number of benzene rings is 1. The van der Waals surface area contributed by atoms with Crippen LogP contribution in [0.15, 0.2) is 47.1 Å². The van der Waals surface area contributed by atoms with E-state index in [0.717, 1.165) is 41.8 Å². The maximum Gasteiger partial charge on any atom is 0.274 e. The monoisotopic (exact) mass is 396 g/mol. The van der Waals surface area contributed by atoms with Gasteiger partial charge in [0.25, 0.3) is 5.91 Å². The Hall–Kier alpha value is -2.93. The third kappa shape index (κ3) is 4.24. The number of nitrogens with one attached hydrogen (secondary N) is 1. The Morgan fingerprint density at radius 2 is 2.24 bits per heavy atom. The maximum atomic E-state index is 13.4. The lowest BCUT2D eigenvalue weighted by molar-refractivity contribution is 0.0767. The van der Waals surface area contributed by atoms with E-state index in [1.54, 1.807) is 30.3 Å². The normalized spacial score (nSPS) is 15.9. The van der Waals surface area contributed by atoms with Crippen LogP contribution in [0.4, 0.5) is 4.39 Å². The summed E-state index contributed by atoms with van der Waals surface area (Å²) < 4.78 is 20.6. The van der Waals surface area contributed by atoms with Crippen molar-refractivity contribution in [3.63, 3.8) is 0 Å². The summed E-state index contributed by atoms with van der Waals surface area (Å²) >= 11 is 0. The third-order valence-electron chi connectivity index (χ3n) is 5.46. The first-order valence-electron chi connectivity index (χ1n) is 9.81. The number of hydrogen-bond donors (Lipinski definition) is 1. The van der Waals surface area contributed by atoms with Gasteiger partial charge in [-0.1, -0.05) is 12.1 Å². The fourth-order valence-electron chi connectivity index (χ4n) is 3.93. The van der Waals surface area contributed by atoms with Crippen LogP contribution in [0.5, 0.6) is 0 Å². The smallest absolute Gasteiger partial charge is 0.274 e. The highest BCUT2D eigenvalue weighted by atomic mass is 19.1. The standard InChI is InChI=1S/C22H25FN4O2/c1-26(14-18-7-4-10-29-18)22(28)21-19-12-17(8-9-20(19)27(2)25-21)24-13-15-5-3-6-16(23)11-15/h3-7,10-11,17,24H,8-9,12-14H2,1-2H3/t17-/m1/s1. The Labute approximate surface area is 169 Å². The minimum atomic E-state index is -0.227. The van der Waals surface area contributed by atoms with Gasteiger partial charge in [-0.05, 0) is 49.1 Å². The molecular formula is C22H25FN4O2. The third-order valence-corrected chi connectivity index (χ3v) is 5.46. The van der Waals surface area contributed by atoms with Crippen molar-refractivity contribution in [1.82, 2.24) is 20.0 Å². The Morgan fingerprint density at radius 3 is 3.00 bits per heavy atom. The average Bonchev–Trinajstić information content (AvgIpc) is 3.33. The van der Waals surface area contributed by atoms with Crippen LogP contribution < -0.4 is 5.32 Å². The molecule has 152 valence electrons. The van der Waals surface area contributed by atoms with Gasteiger partial charge in [0.05, 0.1) is 12.8 Å². The predicted octanol–water partition coefficient (Wildman–Crippen LogP) is 3.07. The Balaban J connectivity index is 1.46. The van der Waals surface area contributed by atoms with Crippen LogP contribution in [-0.4, -0.2) is 33.7 Å². The Bertz CT molecular complexity index is 996. The number of aromatic nitrogens is 2. The lowest BCUT2D eigenvalue weighted by Crippen LogP contribution is -2.35. The molecular weight excluding hydrogens is 371 g/mol. The van der Waals surface area contributed by atoms with E-state index in [4.69, 9.17) is 4.42 Å². The van der Waals surface area contributed by atoms with Crippen molar-refractivity contribution < 1.29 is 13.6 Å². The molecule has 0 saturated carbocycles. The van der Waals surface area contributed by atoms with Crippen LogP contribution in [0.3, 0.4) is 0 Å². The van der Waals surface area contributed by atoms with Gasteiger partial charge in [-0.2, -0.15) is 5.10 Å². The van der Waals surface area contributed by atoms with Gasteiger partial charge in [0, 0.05) is 37.9 Å². The first-order valence-corrected chi connectivity index (χ1v) is 9.81. The molecule has 2 aromatic heterocycles. The van der Waals surface area contributed by atoms with Gasteiger partial charge in [0.15, 0.2) is 5.69 Å². The van der Waals surface area contributed by atoms with Crippen molar-refractivity contribution in [2.75, 3.05) is 7.05 Å². The first kappa shape index (κ1) is 19.4. The highest BCUT2D eigenvalue weighted by Crippen LogP contribution is 2.26. The van der Waals surface area contributed by atoms with Crippen LogP contribution in [0.1, 0.15) is 39.5 Å². The van der Waals surface area contributed by atoms with Crippen molar-refractivity contribution >= 4 is 5.91 Å². The molecule has 7 heteroatoms. The number of amides is 1. The highest BCUT2D eigenvalue weighted by Gasteiger charge is 2.29. The average molecular weight is 396 g/mol. The Kier molecular flexibility index (Phi) is 5.49. The van der Waals surface area contributed by atoms with E-state index in [2.05, 4.69) is 10.4 Å². The number of aryl methyl sites for hydroxylation is 1. The zero-order valence-corrected chi connectivity index (χ0v) is 16.7. The largest absolute Gasteiger partial charge is 0.467 e. The molecule has 0 saturated heterocycles. The summed E-state index contributed by atoms with van der Waals surface area (Å²) in [5.74, 6) is 0.402. The highest BCUT2D eigenvalue weighted by molar-refractivity contribution is 5.94. The molecule has 0 fully saturated rings. The van der Waals surface area contributed by atoms with Crippen molar-refractivity contribution in [1.29, 1.82) is 0 Å². The van der Waals surface area contributed by atoms with E-state index in [1.165, 1.54) is 6.07 Å². The van der Waals surface area contributed by atoms with E-state index < -0.39 is 0 Å². The molecule has 29 heavy (non-hydrogen) atoms. The lowest BCUT2D eigenvalue weighted by Gasteiger charge is -2.25. The van der Waals surface area contributed by atoms with Crippen LogP contribution in [-0.2, 0) is 33.0 Å². The topological polar surface area (TPSA) is 63.3 Å². The van der Waals surface area contributed by atoms with Crippen molar-refractivity contribution in [3.05, 3.63) is 76.8 Å². The SMILES string of the molecule is CN(Cc1ccco1)C(=O)c1nn(C)c2c1C[C@H](NCc1cccc(F)c1)CC2.